The molecule has 0 nitrogen and oxygen atoms in total. The van der Waals surface area contributed by atoms with E-state index in [1.807, 2.05) is 6.92 Å². The van der Waals surface area contributed by atoms with Crippen molar-refractivity contribution in [3.05, 3.63) is 6.42 Å². The molecule has 0 aliphatic rings. The van der Waals surface area contributed by atoms with Crippen LogP contribution in [0, 0.1) is 30.6 Å². The minimum atomic E-state index is 0.331. The van der Waals surface area contributed by atoms with Crippen LogP contribution in [0.15, 0.2) is 0 Å². The lowest BCUT2D eigenvalue weighted by molar-refractivity contribution is 0.566. The monoisotopic (exact) mass is 161 g/mol. The molecule has 65 valence electrons. The maximum atomic E-state index is 6.88. The summed E-state index contributed by atoms with van der Waals surface area (Å²) in [5.41, 5.74) is 0. The van der Waals surface area contributed by atoms with E-state index in [1.54, 1.807) is 0 Å². The third-order valence-corrected chi connectivity index (χ3v) is 1.95. The van der Waals surface area contributed by atoms with Crippen LogP contribution in [0.3, 0.4) is 0 Å². The third kappa shape index (κ3) is 7.23. The van der Waals surface area contributed by atoms with Crippen LogP contribution in [-0.2, 0) is 0 Å². The SMILES string of the molecule is [C]#CC(C)CCCCCCC#C. The Kier molecular flexibility index (Phi) is 7.62. The van der Waals surface area contributed by atoms with E-state index < -0.39 is 0 Å². The lowest BCUT2D eigenvalue weighted by atomic mass is 10.0. The maximum absolute atomic E-state index is 6.88. The van der Waals surface area contributed by atoms with Gasteiger partial charge >= 0.3 is 0 Å². The molecule has 0 amide bonds. The van der Waals surface area contributed by atoms with Crippen LogP contribution in [0.2, 0.25) is 0 Å². The number of unbranched alkanes of at least 4 members (excludes halogenated alkanes) is 4. The first-order chi connectivity index (χ1) is 5.81. The molecule has 0 rings (SSSR count). The molecule has 12 heavy (non-hydrogen) atoms. The molecule has 0 heterocycles. The number of hydrogen-bond acceptors (Lipinski definition) is 0. The second kappa shape index (κ2) is 8.22. The minimum absolute atomic E-state index is 0.331. The zero-order valence-corrected chi connectivity index (χ0v) is 7.90. The Morgan fingerprint density at radius 2 is 1.92 bits per heavy atom. The predicted molar refractivity (Wildman–Crippen MR) is 52.8 cm³/mol. The van der Waals surface area contributed by atoms with E-state index >= 15 is 0 Å². The molecule has 1 atom stereocenters. The van der Waals surface area contributed by atoms with Gasteiger partial charge in [0.1, 0.15) is 0 Å². The molecule has 0 fully saturated rings. The first-order valence-corrected chi connectivity index (χ1v) is 4.67. The van der Waals surface area contributed by atoms with E-state index in [0.29, 0.717) is 5.92 Å². The average Bonchev–Trinajstić information content (AvgIpc) is 2.10. The highest BCUT2D eigenvalue weighted by Crippen LogP contribution is 2.09. The van der Waals surface area contributed by atoms with Gasteiger partial charge in [0.15, 0.2) is 0 Å². The lowest BCUT2D eigenvalue weighted by Crippen LogP contribution is -1.89. The van der Waals surface area contributed by atoms with Gasteiger partial charge in [0, 0.05) is 12.3 Å². The van der Waals surface area contributed by atoms with E-state index in [9.17, 15) is 0 Å². The van der Waals surface area contributed by atoms with Crippen LogP contribution in [0.4, 0.5) is 0 Å². The molecule has 0 spiro atoms. The van der Waals surface area contributed by atoms with Crippen molar-refractivity contribution in [2.45, 2.75) is 45.4 Å². The van der Waals surface area contributed by atoms with Crippen LogP contribution >= 0.6 is 0 Å². The van der Waals surface area contributed by atoms with Gasteiger partial charge in [0.25, 0.3) is 0 Å². The van der Waals surface area contributed by atoms with Gasteiger partial charge in [-0.3, -0.25) is 0 Å². The second-order valence-electron chi connectivity index (χ2n) is 3.20. The van der Waals surface area contributed by atoms with Crippen molar-refractivity contribution >= 4 is 0 Å². The molecule has 1 unspecified atom stereocenters. The van der Waals surface area contributed by atoms with Crippen molar-refractivity contribution in [3.8, 4) is 18.3 Å². The van der Waals surface area contributed by atoms with Gasteiger partial charge in [0.2, 0.25) is 0 Å². The van der Waals surface area contributed by atoms with Crippen LogP contribution in [0.1, 0.15) is 45.4 Å². The van der Waals surface area contributed by atoms with Crippen LogP contribution in [-0.4, -0.2) is 0 Å². The Hall–Kier alpha value is -0.880. The van der Waals surface area contributed by atoms with Gasteiger partial charge in [-0.15, -0.1) is 12.3 Å². The van der Waals surface area contributed by atoms with Gasteiger partial charge in [-0.25, -0.2) is 0 Å². The molecule has 0 saturated heterocycles. The van der Waals surface area contributed by atoms with Crippen LogP contribution < -0.4 is 0 Å². The molecule has 0 aromatic carbocycles. The fourth-order valence-corrected chi connectivity index (χ4v) is 1.10. The highest BCUT2D eigenvalue weighted by atomic mass is 14.0. The number of terminal acetylenes is 1. The zero-order valence-electron chi connectivity index (χ0n) is 7.90. The molecule has 0 aliphatic carbocycles. The minimum Gasteiger partial charge on any atom is -0.120 e. The van der Waals surface area contributed by atoms with Crippen molar-refractivity contribution in [1.29, 1.82) is 0 Å². The Bertz CT molecular complexity index is 165. The molecule has 0 aromatic heterocycles. The largest absolute Gasteiger partial charge is 0.120 e. The first kappa shape index (κ1) is 11.1. The Morgan fingerprint density at radius 3 is 2.50 bits per heavy atom. The average molecular weight is 161 g/mol. The zero-order chi connectivity index (χ0) is 9.23. The van der Waals surface area contributed by atoms with Gasteiger partial charge in [0.05, 0.1) is 0 Å². The number of hydrogen-bond donors (Lipinski definition) is 0. The molecule has 0 aromatic rings. The summed E-state index contributed by atoms with van der Waals surface area (Å²) in [5.74, 6) is 5.45. The molecule has 0 bridgehead atoms. The summed E-state index contributed by atoms with van der Waals surface area (Å²) in [6.07, 6.45) is 18.8. The molecule has 0 saturated carbocycles. The van der Waals surface area contributed by atoms with Gasteiger partial charge in [-0.2, -0.15) is 0 Å². The highest BCUT2D eigenvalue weighted by Gasteiger charge is 1.95. The van der Waals surface area contributed by atoms with Crippen molar-refractivity contribution in [1.82, 2.24) is 0 Å². The molecule has 0 aliphatic heterocycles. The Labute approximate surface area is 76.8 Å². The highest BCUT2D eigenvalue weighted by molar-refractivity contribution is 4.84. The van der Waals surface area contributed by atoms with Crippen LogP contribution in [0.25, 0.3) is 0 Å². The molecular formula is C12H17. The van der Waals surface area contributed by atoms with Crippen molar-refractivity contribution in [2.75, 3.05) is 0 Å². The van der Waals surface area contributed by atoms with Crippen LogP contribution in [0.5, 0.6) is 0 Å². The molecule has 1 radical (unpaired) electrons. The van der Waals surface area contributed by atoms with Gasteiger partial charge in [-0.1, -0.05) is 32.1 Å². The topological polar surface area (TPSA) is 0 Å². The fraction of sp³-hybridized carbons (Fsp3) is 0.667. The van der Waals surface area contributed by atoms with E-state index in [1.165, 1.54) is 19.3 Å². The first-order valence-electron chi connectivity index (χ1n) is 4.67. The van der Waals surface area contributed by atoms with Gasteiger partial charge < -0.3 is 0 Å². The summed E-state index contributed by atoms with van der Waals surface area (Å²) in [6, 6.07) is 0. The number of rotatable bonds is 6. The Balaban J connectivity index is 3.03. The summed E-state index contributed by atoms with van der Waals surface area (Å²) in [4.78, 5) is 0. The summed E-state index contributed by atoms with van der Waals surface area (Å²) in [6.45, 7) is 2.04. The summed E-state index contributed by atoms with van der Waals surface area (Å²) in [7, 11) is 0. The standard InChI is InChI=1S/C12H17/c1-4-6-7-8-9-10-11-12(3)5-2/h1,12H,6-11H2,3H3. The van der Waals surface area contributed by atoms with Crippen molar-refractivity contribution < 1.29 is 0 Å². The fourth-order valence-electron chi connectivity index (χ4n) is 1.10. The van der Waals surface area contributed by atoms with E-state index in [4.69, 9.17) is 12.8 Å². The third-order valence-electron chi connectivity index (χ3n) is 1.95. The normalized spacial score (nSPS) is 11.6. The van der Waals surface area contributed by atoms with E-state index in [-0.39, 0.29) is 0 Å². The summed E-state index contributed by atoms with van der Waals surface area (Å²) >= 11 is 0. The van der Waals surface area contributed by atoms with Crippen molar-refractivity contribution in [2.24, 2.45) is 5.92 Å². The quantitative estimate of drug-likeness (QED) is 0.414. The second-order valence-corrected chi connectivity index (χ2v) is 3.20. The molecule has 0 N–H and O–H groups in total. The maximum Gasteiger partial charge on any atom is 0.0184 e. The Morgan fingerprint density at radius 1 is 1.25 bits per heavy atom. The summed E-state index contributed by atoms with van der Waals surface area (Å²) in [5, 5.41) is 0. The smallest absolute Gasteiger partial charge is 0.0184 e. The van der Waals surface area contributed by atoms with Crippen molar-refractivity contribution in [3.63, 3.8) is 0 Å². The summed E-state index contributed by atoms with van der Waals surface area (Å²) < 4.78 is 0. The molecule has 0 heteroatoms. The predicted octanol–water partition coefficient (Wildman–Crippen LogP) is 3.19. The lowest BCUT2D eigenvalue weighted by Gasteiger charge is -2.02. The molecular weight excluding hydrogens is 144 g/mol. The van der Waals surface area contributed by atoms with E-state index in [0.717, 1.165) is 19.3 Å². The van der Waals surface area contributed by atoms with E-state index in [2.05, 4.69) is 11.8 Å². The van der Waals surface area contributed by atoms with Gasteiger partial charge in [-0.05, 0) is 19.3 Å².